The number of urea groups is 1. The van der Waals surface area contributed by atoms with Crippen molar-refractivity contribution in [2.24, 2.45) is 0 Å². The number of aromatic amines is 2. The molecule has 1 aliphatic heterocycles. The Morgan fingerprint density at radius 1 is 1.07 bits per heavy atom. The average Bonchev–Trinajstić information content (AvgIpc) is 2.74. The third-order valence-corrected chi connectivity index (χ3v) is 4.99. The predicted octanol–water partition coefficient (Wildman–Crippen LogP) is 1.04. The number of hydrogen-bond donors (Lipinski definition) is 4. The van der Waals surface area contributed by atoms with Crippen LogP contribution >= 0.6 is 0 Å². The van der Waals surface area contributed by atoms with Gasteiger partial charge in [-0.3, -0.25) is 19.6 Å². The number of para-hydroxylation sites is 1. The minimum atomic E-state index is -0.648. The zero-order chi connectivity index (χ0) is 21.1. The third kappa shape index (κ3) is 4.22. The maximum atomic E-state index is 12.8. The highest BCUT2D eigenvalue weighted by atomic mass is 16.2. The van der Waals surface area contributed by atoms with Crippen LogP contribution in [0.2, 0.25) is 0 Å². The SMILES string of the molecule is O=C(Nc1ccccc1)NC1CCN(C(=O)c2cnc3[nH]c(=O)[nH]c(=O)c3c2)CC1. The van der Waals surface area contributed by atoms with Gasteiger partial charge >= 0.3 is 11.7 Å². The lowest BCUT2D eigenvalue weighted by Crippen LogP contribution is -2.47. The van der Waals surface area contributed by atoms with Crippen LogP contribution in [-0.4, -0.2) is 50.9 Å². The minimum Gasteiger partial charge on any atom is -0.338 e. The van der Waals surface area contributed by atoms with Gasteiger partial charge in [0.15, 0.2) is 0 Å². The van der Waals surface area contributed by atoms with Gasteiger partial charge in [0, 0.05) is 31.0 Å². The molecular weight excluding hydrogens is 388 g/mol. The zero-order valence-electron chi connectivity index (χ0n) is 16.0. The summed E-state index contributed by atoms with van der Waals surface area (Å²) in [4.78, 5) is 58.4. The fourth-order valence-electron chi connectivity index (χ4n) is 3.45. The lowest BCUT2D eigenvalue weighted by atomic mass is 10.0. The number of fused-ring (bicyclic) bond motifs is 1. The van der Waals surface area contributed by atoms with E-state index in [1.54, 1.807) is 17.0 Å². The number of hydrogen-bond acceptors (Lipinski definition) is 5. The van der Waals surface area contributed by atoms with E-state index >= 15 is 0 Å². The Morgan fingerprint density at radius 2 is 1.80 bits per heavy atom. The van der Waals surface area contributed by atoms with Crippen LogP contribution in [-0.2, 0) is 0 Å². The van der Waals surface area contributed by atoms with Crippen LogP contribution in [0.3, 0.4) is 0 Å². The van der Waals surface area contributed by atoms with Crippen LogP contribution in [0, 0.1) is 0 Å². The van der Waals surface area contributed by atoms with Gasteiger partial charge in [-0.05, 0) is 31.0 Å². The Morgan fingerprint density at radius 3 is 2.53 bits per heavy atom. The van der Waals surface area contributed by atoms with E-state index in [0.717, 1.165) is 0 Å². The van der Waals surface area contributed by atoms with Crippen molar-refractivity contribution in [1.29, 1.82) is 0 Å². The monoisotopic (exact) mass is 408 g/mol. The van der Waals surface area contributed by atoms with Gasteiger partial charge in [0.25, 0.3) is 11.5 Å². The first kappa shape index (κ1) is 19.4. The Kier molecular flexibility index (Phi) is 5.29. The number of piperidine rings is 1. The predicted molar refractivity (Wildman–Crippen MR) is 111 cm³/mol. The summed E-state index contributed by atoms with van der Waals surface area (Å²) in [7, 11) is 0. The van der Waals surface area contributed by atoms with E-state index in [2.05, 4.69) is 25.6 Å². The van der Waals surface area contributed by atoms with E-state index in [1.807, 2.05) is 18.2 Å². The maximum absolute atomic E-state index is 12.8. The highest BCUT2D eigenvalue weighted by Gasteiger charge is 2.25. The fourth-order valence-corrected chi connectivity index (χ4v) is 3.45. The van der Waals surface area contributed by atoms with Crippen molar-refractivity contribution in [1.82, 2.24) is 25.2 Å². The van der Waals surface area contributed by atoms with E-state index in [9.17, 15) is 19.2 Å². The van der Waals surface area contributed by atoms with Gasteiger partial charge in [-0.25, -0.2) is 14.6 Å². The molecule has 0 spiro atoms. The summed E-state index contributed by atoms with van der Waals surface area (Å²) in [6.45, 7) is 0.935. The molecular formula is C20H20N6O4. The summed E-state index contributed by atoms with van der Waals surface area (Å²) in [6, 6.07) is 10.3. The number of aromatic nitrogens is 3. The Balaban J connectivity index is 1.36. The summed E-state index contributed by atoms with van der Waals surface area (Å²) in [6.07, 6.45) is 2.57. The number of H-pyrrole nitrogens is 2. The smallest absolute Gasteiger partial charge is 0.327 e. The number of nitrogens with one attached hydrogen (secondary N) is 4. The molecule has 3 aromatic rings. The Bertz CT molecular complexity index is 1200. The van der Waals surface area contributed by atoms with Gasteiger partial charge in [-0.15, -0.1) is 0 Å². The molecule has 0 saturated carbocycles. The summed E-state index contributed by atoms with van der Waals surface area (Å²) in [5.74, 6) is -0.248. The van der Waals surface area contributed by atoms with Gasteiger partial charge in [-0.2, -0.15) is 0 Å². The highest BCUT2D eigenvalue weighted by Crippen LogP contribution is 2.15. The molecule has 0 aliphatic carbocycles. The molecule has 0 atom stereocenters. The molecule has 154 valence electrons. The number of nitrogens with zero attached hydrogens (tertiary/aromatic N) is 2. The molecule has 1 saturated heterocycles. The topological polar surface area (TPSA) is 140 Å². The number of pyridine rings is 1. The average molecular weight is 408 g/mol. The molecule has 0 radical (unpaired) electrons. The number of amides is 3. The Labute approximate surface area is 170 Å². The molecule has 30 heavy (non-hydrogen) atoms. The molecule has 1 aromatic carbocycles. The number of carbonyl (C=O) groups excluding carboxylic acids is 2. The van der Waals surface area contributed by atoms with Crippen LogP contribution in [0.4, 0.5) is 10.5 Å². The summed E-state index contributed by atoms with van der Waals surface area (Å²) in [5, 5.41) is 5.85. The number of benzene rings is 1. The Hall–Kier alpha value is -3.95. The molecule has 0 bridgehead atoms. The maximum Gasteiger partial charge on any atom is 0.327 e. The number of anilines is 1. The van der Waals surface area contributed by atoms with Gasteiger partial charge in [-0.1, -0.05) is 18.2 Å². The fraction of sp³-hybridized carbons (Fsp3) is 0.250. The van der Waals surface area contributed by atoms with Crippen molar-refractivity contribution >= 4 is 28.7 Å². The molecule has 4 rings (SSSR count). The van der Waals surface area contributed by atoms with Crippen LogP contribution in [0.15, 0.2) is 52.2 Å². The number of carbonyl (C=O) groups is 2. The highest BCUT2D eigenvalue weighted by molar-refractivity contribution is 5.96. The zero-order valence-corrected chi connectivity index (χ0v) is 16.0. The van der Waals surface area contributed by atoms with Gasteiger partial charge in [0.2, 0.25) is 0 Å². The van der Waals surface area contributed by atoms with Crippen molar-refractivity contribution in [2.75, 3.05) is 18.4 Å². The third-order valence-electron chi connectivity index (χ3n) is 4.99. The number of likely N-dealkylation sites (tertiary alicyclic amines) is 1. The molecule has 0 unspecified atom stereocenters. The summed E-state index contributed by atoms with van der Waals surface area (Å²) >= 11 is 0. The molecule has 3 heterocycles. The van der Waals surface area contributed by atoms with Crippen molar-refractivity contribution < 1.29 is 9.59 Å². The van der Waals surface area contributed by atoms with Crippen molar-refractivity contribution in [3.05, 3.63) is 69.0 Å². The van der Waals surface area contributed by atoms with Crippen molar-refractivity contribution in [3.8, 4) is 0 Å². The van der Waals surface area contributed by atoms with Crippen molar-refractivity contribution in [2.45, 2.75) is 18.9 Å². The van der Waals surface area contributed by atoms with Gasteiger partial charge < -0.3 is 15.5 Å². The second kappa shape index (κ2) is 8.19. The number of rotatable bonds is 3. The summed E-state index contributed by atoms with van der Waals surface area (Å²) in [5.41, 5.74) is -0.128. The van der Waals surface area contributed by atoms with Gasteiger partial charge in [0.1, 0.15) is 5.65 Å². The first-order valence-corrected chi connectivity index (χ1v) is 9.54. The second-order valence-corrected chi connectivity index (χ2v) is 7.06. The van der Waals surface area contributed by atoms with Crippen molar-refractivity contribution in [3.63, 3.8) is 0 Å². The van der Waals surface area contributed by atoms with Gasteiger partial charge in [0.05, 0.1) is 10.9 Å². The molecule has 10 nitrogen and oxygen atoms in total. The van der Waals surface area contributed by atoms with E-state index < -0.39 is 11.2 Å². The molecule has 1 aliphatic rings. The van der Waals surface area contributed by atoms with E-state index in [1.165, 1.54) is 12.3 Å². The summed E-state index contributed by atoms with van der Waals surface area (Å²) < 4.78 is 0. The van der Waals surface area contributed by atoms with E-state index in [-0.39, 0.29) is 34.6 Å². The second-order valence-electron chi connectivity index (χ2n) is 7.06. The molecule has 4 N–H and O–H groups in total. The van der Waals surface area contributed by atoms with Crippen LogP contribution in [0.5, 0.6) is 0 Å². The molecule has 10 heteroatoms. The lowest BCUT2D eigenvalue weighted by molar-refractivity contribution is 0.0708. The quantitative estimate of drug-likeness (QED) is 0.513. The first-order chi connectivity index (χ1) is 14.5. The molecule has 2 aromatic heterocycles. The minimum absolute atomic E-state index is 0.0413. The lowest BCUT2D eigenvalue weighted by Gasteiger charge is -2.32. The largest absolute Gasteiger partial charge is 0.338 e. The van der Waals surface area contributed by atoms with E-state index in [0.29, 0.717) is 31.6 Å². The first-order valence-electron chi connectivity index (χ1n) is 9.54. The van der Waals surface area contributed by atoms with E-state index in [4.69, 9.17) is 0 Å². The van der Waals surface area contributed by atoms with Crippen LogP contribution in [0.1, 0.15) is 23.2 Å². The normalized spacial score (nSPS) is 14.5. The standard InChI is InChI=1S/C20H20N6O4/c27-17-15-10-12(11-21-16(15)24-20(30)25-17)18(28)26-8-6-14(7-9-26)23-19(29)22-13-4-2-1-3-5-13/h1-5,10-11,14H,6-9H2,(H2,22,23,29)(H2,21,24,25,27,30). The molecule has 1 fully saturated rings. The van der Waals surface area contributed by atoms with Crippen LogP contribution < -0.4 is 21.9 Å². The van der Waals surface area contributed by atoms with Crippen LogP contribution in [0.25, 0.3) is 11.0 Å². The molecule has 3 amide bonds.